The Morgan fingerprint density at radius 1 is 1.38 bits per heavy atom. The first-order valence-electron chi connectivity index (χ1n) is 8.21. The molecule has 2 heterocycles. The van der Waals surface area contributed by atoms with Crippen LogP contribution in [0.25, 0.3) is 0 Å². The van der Waals surface area contributed by atoms with Crippen molar-refractivity contribution in [3.05, 3.63) is 0 Å². The van der Waals surface area contributed by atoms with Gasteiger partial charge in [0.1, 0.15) is 6.61 Å². The van der Waals surface area contributed by atoms with Crippen molar-refractivity contribution in [2.24, 2.45) is 11.3 Å². The zero-order valence-corrected chi connectivity index (χ0v) is 13.3. The van der Waals surface area contributed by atoms with Crippen LogP contribution in [0.3, 0.4) is 0 Å². The molecule has 5 heteroatoms. The van der Waals surface area contributed by atoms with Gasteiger partial charge in [-0.05, 0) is 26.9 Å². The summed E-state index contributed by atoms with van der Waals surface area (Å²) in [5, 5.41) is 0. The van der Waals surface area contributed by atoms with Crippen LogP contribution in [0.15, 0.2) is 0 Å². The normalized spacial score (nSPS) is 33.1. The smallest absolute Gasteiger partial charge is 0.248 e. The average Bonchev–Trinajstić information content (AvgIpc) is 3.09. The molecule has 21 heavy (non-hydrogen) atoms. The van der Waals surface area contributed by atoms with E-state index in [1.54, 1.807) is 0 Å². The Morgan fingerprint density at radius 3 is 2.86 bits per heavy atom. The van der Waals surface area contributed by atoms with Crippen molar-refractivity contribution in [1.29, 1.82) is 0 Å². The summed E-state index contributed by atoms with van der Waals surface area (Å²) in [7, 11) is 4.19. The third kappa shape index (κ3) is 3.25. The van der Waals surface area contributed by atoms with Gasteiger partial charge in [-0.1, -0.05) is 12.8 Å². The van der Waals surface area contributed by atoms with Crippen LogP contribution in [0.5, 0.6) is 0 Å². The highest BCUT2D eigenvalue weighted by Crippen LogP contribution is 2.41. The van der Waals surface area contributed by atoms with Gasteiger partial charge < -0.3 is 19.3 Å². The molecule has 0 aromatic heterocycles. The Hall–Kier alpha value is -0.650. The fraction of sp³-hybridized carbons (Fsp3) is 0.938. The Bertz CT molecular complexity index is 382. The first kappa shape index (κ1) is 15.3. The van der Waals surface area contributed by atoms with E-state index < -0.39 is 0 Å². The Balaban J connectivity index is 1.53. The Labute approximate surface area is 127 Å². The number of carbonyl (C=O) groups is 1. The summed E-state index contributed by atoms with van der Waals surface area (Å²) in [6.07, 6.45) is 5.04. The second kappa shape index (κ2) is 6.23. The van der Waals surface area contributed by atoms with Crippen LogP contribution in [0.4, 0.5) is 0 Å². The molecule has 2 aliphatic heterocycles. The van der Waals surface area contributed by atoms with Crippen molar-refractivity contribution in [2.75, 3.05) is 53.6 Å². The zero-order valence-electron chi connectivity index (χ0n) is 13.3. The van der Waals surface area contributed by atoms with Crippen LogP contribution in [0.1, 0.15) is 25.7 Å². The van der Waals surface area contributed by atoms with E-state index in [1.165, 1.54) is 12.8 Å². The zero-order chi connectivity index (χ0) is 14.9. The number of hydrogen-bond acceptors (Lipinski definition) is 4. The third-order valence-electron chi connectivity index (χ3n) is 5.25. The quantitative estimate of drug-likeness (QED) is 0.758. The second-order valence-electron chi connectivity index (χ2n) is 7.30. The predicted octanol–water partition coefficient (Wildman–Crippen LogP) is 0.982. The maximum atomic E-state index is 12.4. The molecule has 1 aliphatic carbocycles. The van der Waals surface area contributed by atoms with E-state index in [1.807, 2.05) is 4.90 Å². The van der Waals surface area contributed by atoms with Crippen LogP contribution in [0, 0.1) is 11.3 Å². The molecular formula is C16H28N2O3. The number of rotatable bonds is 5. The summed E-state index contributed by atoms with van der Waals surface area (Å²) >= 11 is 0. The van der Waals surface area contributed by atoms with Crippen molar-refractivity contribution >= 4 is 5.91 Å². The summed E-state index contributed by atoms with van der Waals surface area (Å²) in [6.45, 7) is 4.48. The molecule has 3 aliphatic rings. The molecule has 3 rings (SSSR count). The lowest BCUT2D eigenvalue weighted by atomic mass is 9.81. The lowest BCUT2D eigenvalue weighted by molar-refractivity contribution is -0.137. The largest absolute Gasteiger partial charge is 0.380 e. The SMILES string of the molecule is CN(C)C[C@@]12COC[C@@H]1CN(C(=O)COC1CCCC1)C2. The maximum absolute atomic E-state index is 12.4. The molecule has 2 saturated heterocycles. The van der Waals surface area contributed by atoms with Gasteiger partial charge in [-0.25, -0.2) is 0 Å². The fourth-order valence-electron chi connectivity index (χ4n) is 4.21. The van der Waals surface area contributed by atoms with Gasteiger partial charge in [0.05, 0.1) is 19.3 Å². The van der Waals surface area contributed by atoms with E-state index in [0.29, 0.717) is 12.0 Å². The van der Waals surface area contributed by atoms with Crippen molar-refractivity contribution in [3.8, 4) is 0 Å². The number of ether oxygens (including phenoxy) is 2. The summed E-state index contributed by atoms with van der Waals surface area (Å²) in [6, 6.07) is 0. The molecule has 0 bridgehead atoms. The second-order valence-corrected chi connectivity index (χ2v) is 7.30. The molecule has 0 aromatic carbocycles. The van der Waals surface area contributed by atoms with Gasteiger partial charge in [-0.3, -0.25) is 4.79 Å². The maximum Gasteiger partial charge on any atom is 0.248 e. The monoisotopic (exact) mass is 296 g/mol. The van der Waals surface area contributed by atoms with E-state index in [2.05, 4.69) is 19.0 Å². The Morgan fingerprint density at radius 2 is 2.14 bits per heavy atom. The van der Waals surface area contributed by atoms with Crippen molar-refractivity contribution in [3.63, 3.8) is 0 Å². The molecule has 0 aromatic rings. The standard InChI is InChI=1S/C16H28N2O3/c1-17(2)10-16-11-18(7-13(16)8-20-12-16)15(19)9-21-14-5-3-4-6-14/h13-14H,3-12H2,1-2H3/t13-,16+/m0/s1. The first-order valence-corrected chi connectivity index (χ1v) is 8.21. The van der Waals surface area contributed by atoms with Crippen molar-refractivity contribution < 1.29 is 14.3 Å². The number of carbonyl (C=O) groups excluding carboxylic acids is 1. The topological polar surface area (TPSA) is 42.0 Å². The lowest BCUT2D eigenvalue weighted by Crippen LogP contribution is -2.42. The highest BCUT2D eigenvalue weighted by Gasteiger charge is 2.51. The van der Waals surface area contributed by atoms with Crippen LogP contribution in [-0.2, 0) is 14.3 Å². The molecular weight excluding hydrogens is 268 g/mol. The van der Waals surface area contributed by atoms with Gasteiger partial charge in [0.15, 0.2) is 0 Å². The molecule has 3 fully saturated rings. The van der Waals surface area contributed by atoms with Gasteiger partial charge in [0.2, 0.25) is 5.91 Å². The molecule has 0 unspecified atom stereocenters. The van der Waals surface area contributed by atoms with E-state index in [9.17, 15) is 4.79 Å². The van der Waals surface area contributed by atoms with E-state index in [-0.39, 0.29) is 17.9 Å². The molecule has 1 saturated carbocycles. The molecule has 2 atom stereocenters. The predicted molar refractivity (Wildman–Crippen MR) is 80.1 cm³/mol. The highest BCUT2D eigenvalue weighted by atomic mass is 16.5. The lowest BCUT2D eigenvalue weighted by Gasteiger charge is -2.30. The van der Waals surface area contributed by atoms with Gasteiger partial charge in [-0.2, -0.15) is 0 Å². The van der Waals surface area contributed by atoms with Gasteiger partial charge in [0, 0.05) is 31.0 Å². The van der Waals surface area contributed by atoms with Crippen LogP contribution in [-0.4, -0.2) is 75.4 Å². The molecule has 0 spiro atoms. The first-order chi connectivity index (χ1) is 10.1. The number of hydrogen-bond donors (Lipinski definition) is 0. The molecule has 0 N–H and O–H groups in total. The van der Waals surface area contributed by atoms with Gasteiger partial charge in [-0.15, -0.1) is 0 Å². The summed E-state index contributed by atoms with van der Waals surface area (Å²) < 4.78 is 11.5. The summed E-state index contributed by atoms with van der Waals surface area (Å²) in [5.74, 6) is 0.643. The Kier molecular flexibility index (Phi) is 4.52. The number of nitrogens with zero attached hydrogens (tertiary/aromatic N) is 2. The van der Waals surface area contributed by atoms with Crippen molar-refractivity contribution in [1.82, 2.24) is 9.80 Å². The van der Waals surface area contributed by atoms with E-state index >= 15 is 0 Å². The molecule has 120 valence electrons. The van der Waals surface area contributed by atoms with Crippen LogP contribution in [0.2, 0.25) is 0 Å². The molecule has 0 radical (unpaired) electrons. The number of fused-ring (bicyclic) bond motifs is 1. The summed E-state index contributed by atoms with van der Waals surface area (Å²) in [4.78, 5) is 16.6. The highest BCUT2D eigenvalue weighted by molar-refractivity contribution is 5.78. The number of amides is 1. The minimum Gasteiger partial charge on any atom is -0.380 e. The van der Waals surface area contributed by atoms with E-state index in [4.69, 9.17) is 9.47 Å². The van der Waals surface area contributed by atoms with Gasteiger partial charge in [0.25, 0.3) is 0 Å². The number of likely N-dealkylation sites (tertiary alicyclic amines) is 1. The summed E-state index contributed by atoms with van der Waals surface area (Å²) in [5.41, 5.74) is 0.131. The minimum atomic E-state index is 0.131. The fourth-order valence-corrected chi connectivity index (χ4v) is 4.21. The van der Waals surface area contributed by atoms with Gasteiger partial charge >= 0.3 is 0 Å². The third-order valence-corrected chi connectivity index (χ3v) is 5.25. The average molecular weight is 296 g/mol. The molecule has 5 nitrogen and oxygen atoms in total. The minimum absolute atomic E-state index is 0.131. The van der Waals surface area contributed by atoms with Crippen LogP contribution < -0.4 is 0 Å². The van der Waals surface area contributed by atoms with Crippen molar-refractivity contribution in [2.45, 2.75) is 31.8 Å². The van der Waals surface area contributed by atoms with Crippen LogP contribution >= 0.6 is 0 Å². The molecule has 1 amide bonds. The van der Waals surface area contributed by atoms with E-state index in [0.717, 1.165) is 45.7 Å².